The maximum atomic E-state index is 14.0. The summed E-state index contributed by atoms with van der Waals surface area (Å²) in [5.74, 6) is -2.42. The Morgan fingerprint density at radius 3 is 2.11 bits per heavy atom. The molecule has 1 aromatic rings. The maximum absolute atomic E-state index is 14.0. The van der Waals surface area contributed by atoms with E-state index in [1.54, 1.807) is 0 Å². The van der Waals surface area contributed by atoms with Crippen molar-refractivity contribution in [3.63, 3.8) is 0 Å². The normalized spacial score (nSPS) is 33.9. The van der Waals surface area contributed by atoms with Gasteiger partial charge in [0.1, 0.15) is 5.75 Å². The number of guanidine groups is 1. The van der Waals surface area contributed by atoms with Gasteiger partial charge in [0.2, 0.25) is 5.96 Å². The van der Waals surface area contributed by atoms with Gasteiger partial charge in [-0.05, 0) is 74.0 Å². The minimum absolute atomic E-state index is 0.109. The van der Waals surface area contributed by atoms with Crippen LogP contribution in [-0.4, -0.2) is 42.3 Å². The summed E-state index contributed by atoms with van der Waals surface area (Å²) in [5.41, 5.74) is 4.23. The average Bonchev–Trinajstić information content (AvgIpc) is 3.01. The minimum Gasteiger partial charge on any atom is -0.437 e. The van der Waals surface area contributed by atoms with Gasteiger partial charge in [-0.3, -0.25) is 4.79 Å². The van der Waals surface area contributed by atoms with Crippen molar-refractivity contribution in [3.8, 4) is 5.75 Å². The molecule has 35 heavy (non-hydrogen) atoms. The highest BCUT2D eigenvalue weighted by Crippen LogP contribution is 2.67. The van der Waals surface area contributed by atoms with Gasteiger partial charge >= 0.3 is 18.8 Å². The van der Waals surface area contributed by atoms with Crippen LogP contribution in [0, 0.1) is 23.2 Å². The van der Waals surface area contributed by atoms with E-state index in [9.17, 15) is 31.5 Å². The molecule has 1 heterocycles. The van der Waals surface area contributed by atoms with Gasteiger partial charge < -0.3 is 15.2 Å². The van der Waals surface area contributed by atoms with Crippen LogP contribution in [0.4, 0.5) is 22.0 Å². The molecular weight excluding hydrogens is 477 g/mol. The Balaban J connectivity index is 1.54. The molecule has 5 aliphatic rings. The third kappa shape index (κ3) is 3.81. The summed E-state index contributed by atoms with van der Waals surface area (Å²) in [7, 11) is 0. The molecule has 4 saturated carbocycles. The number of rotatable bonds is 6. The highest BCUT2D eigenvalue weighted by molar-refractivity contribution is 6.07. The Hall–Kier alpha value is -2.92. The number of aliphatic imine (C=N–C) groups is 1. The third-order valence-corrected chi connectivity index (χ3v) is 7.97. The molecule has 0 saturated heterocycles. The fourth-order valence-corrected chi connectivity index (χ4v) is 7.18. The lowest BCUT2D eigenvalue weighted by molar-refractivity contribution is -0.203. The Labute approximate surface area is 197 Å². The molecule has 4 bridgehead atoms. The number of amides is 1. The van der Waals surface area contributed by atoms with Gasteiger partial charge in [-0.2, -0.15) is 22.0 Å². The van der Waals surface area contributed by atoms with Crippen molar-refractivity contribution in [1.29, 1.82) is 0 Å². The fourth-order valence-electron chi connectivity index (χ4n) is 7.18. The first-order valence-electron chi connectivity index (χ1n) is 11.4. The van der Waals surface area contributed by atoms with Crippen molar-refractivity contribution in [2.45, 2.75) is 56.9 Å². The molecule has 1 aliphatic heterocycles. The first kappa shape index (κ1) is 23.8. The first-order chi connectivity index (χ1) is 16.4. The summed E-state index contributed by atoms with van der Waals surface area (Å²) in [6.45, 7) is -4.06. The summed E-state index contributed by atoms with van der Waals surface area (Å²) in [6, 6.07) is 5.54. The molecule has 12 heteroatoms. The second kappa shape index (κ2) is 8.06. The summed E-state index contributed by atoms with van der Waals surface area (Å²) in [5, 5.41) is 0. The standard InChI is InChI=1S/C23H24F5N3O4/c24-19(25)35-16-3-1-15(2-4-16)22(21-8-12-5-13(9-21)7-14(6-12)10-21)17(32)31(20(29)30-22)11-34-18(33)23(26,27)28/h1-4,12-14,19H,5-11H2,(H2,29,30)/t12?,13?,14?,21?,22-/m0/s1. The Morgan fingerprint density at radius 2 is 1.63 bits per heavy atom. The minimum atomic E-state index is -5.23. The lowest BCUT2D eigenvalue weighted by Gasteiger charge is -2.61. The van der Waals surface area contributed by atoms with Crippen LogP contribution in [-0.2, 0) is 19.9 Å². The van der Waals surface area contributed by atoms with Gasteiger partial charge in [0.25, 0.3) is 5.91 Å². The molecule has 1 aromatic carbocycles. The number of nitrogens with zero attached hydrogens (tertiary/aromatic N) is 2. The first-order valence-corrected chi connectivity index (χ1v) is 11.4. The molecular formula is C23H24F5N3O4. The van der Waals surface area contributed by atoms with Gasteiger partial charge in [-0.15, -0.1) is 0 Å². The largest absolute Gasteiger partial charge is 0.490 e. The highest BCUT2D eigenvalue weighted by Gasteiger charge is 2.67. The number of esters is 1. The molecule has 4 fully saturated rings. The van der Waals surface area contributed by atoms with Crippen molar-refractivity contribution in [2.24, 2.45) is 33.9 Å². The maximum Gasteiger partial charge on any atom is 0.490 e. The Bertz CT molecular complexity index is 1020. The van der Waals surface area contributed by atoms with Crippen LogP contribution in [0.5, 0.6) is 5.75 Å². The van der Waals surface area contributed by atoms with Crippen LogP contribution in [0.15, 0.2) is 29.3 Å². The van der Waals surface area contributed by atoms with Gasteiger partial charge in [0, 0.05) is 5.41 Å². The average molecular weight is 501 g/mol. The third-order valence-electron chi connectivity index (χ3n) is 7.97. The zero-order chi connectivity index (χ0) is 25.2. The molecule has 7 nitrogen and oxygen atoms in total. The number of nitrogens with two attached hydrogens (primary N) is 1. The number of hydrogen-bond donors (Lipinski definition) is 1. The SMILES string of the molecule is NC1=N[C@](c2ccc(OC(F)F)cc2)(C23CC4CC(CC(C4)C2)C3)C(=O)N1COC(=O)C(F)(F)F. The predicted octanol–water partition coefficient (Wildman–Crippen LogP) is 3.92. The van der Waals surface area contributed by atoms with Crippen LogP contribution in [0.3, 0.4) is 0 Å². The van der Waals surface area contributed by atoms with Crippen molar-refractivity contribution in [3.05, 3.63) is 29.8 Å². The molecule has 1 atom stereocenters. The van der Waals surface area contributed by atoms with E-state index in [0.29, 0.717) is 42.6 Å². The van der Waals surface area contributed by atoms with E-state index in [2.05, 4.69) is 14.5 Å². The van der Waals surface area contributed by atoms with Crippen LogP contribution in [0.1, 0.15) is 44.1 Å². The summed E-state index contributed by atoms with van der Waals surface area (Å²) in [4.78, 5) is 30.6. The summed E-state index contributed by atoms with van der Waals surface area (Å²) < 4.78 is 72.1. The van der Waals surface area contributed by atoms with E-state index in [1.807, 2.05) is 0 Å². The molecule has 0 aromatic heterocycles. The number of hydrogen-bond acceptors (Lipinski definition) is 6. The molecule has 0 spiro atoms. The summed E-state index contributed by atoms with van der Waals surface area (Å²) in [6.07, 6.45) is -0.0104. The number of carbonyl (C=O) groups excluding carboxylic acids is 2. The van der Waals surface area contributed by atoms with E-state index in [-0.39, 0.29) is 11.7 Å². The zero-order valence-corrected chi connectivity index (χ0v) is 18.6. The number of benzene rings is 1. The lowest BCUT2D eigenvalue weighted by atomic mass is 9.43. The highest BCUT2D eigenvalue weighted by atomic mass is 19.4. The van der Waals surface area contributed by atoms with Crippen LogP contribution in [0.25, 0.3) is 0 Å². The number of alkyl halides is 5. The van der Waals surface area contributed by atoms with E-state index >= 15 is 0 Å². The van der Waals surface area contributed by atoms with Crippen LogP contribution in [0.2, 0.25) is 0 Å². The fraction of sp³-hybridized carbons (Fsp3) is 0.609. The van der Waals surface area contributed by atoms with E-state index in [4.69, 9.17) is 5.73 Å². The topological polar surface area (TPSA) is 94.2 Å². The lowest BCUT2D eigenvalue weighted by Crippen LogP contribution is -2.60. The smallest absolute Gasteiger partial charge is 0.437 e. The molecule has 2 N–H and O–H groups in total. The van der Waals surface area contributed by atoms with Gasteiger partial charge in [0.15, 0.2) is 12.3 Å². The second-order valence-corrected chi connectivity index (χ2v) is 10.1. The number of ether oxygens (including phenoxy) is 2. The molecule has 6 rings (SSSR count). The Morgan fingerprint density at radius 1 is 1.09 bits per heavy atom. The molecule has 1 amide bonds. The molecule has 0 radical (unpaired) electrons. The van der Waals surface area contributed by atoms with Crippen LogP contribution < -0.4 is 10.5 Å². The summed E-state index contributed by atoms with van der Waals surface area (Å²) >= 11 is 0. The van der Waals surface area contributed by atoms with Crippen molar-refractivity contribution in [1.82, 2.24) is 4.90 Å². The van der Waals surface area contributed by atoms with Crippen molar-refractivity contribution < 1.29 is 41.0 Å². The van der Waals surface area contributed by atoms with Gasteiger partial charge in [-0.25, -0.2) is 14.7 Å². The van der Waals surface area contributed by atoms with Gasteiger partial charge in [0.05, 0.1) is 0 Å². The van der Waals surface area contributed by atoms with Crippen LogP contribution >= 0.6 is 0 Å². The number of carbonyl (C=O) groups is 2. The Kier molecular flexibility index (Phi) is 5.48. The van der Waals surface area contributed by atoms with Gasteiger partial charge in [-0.1, -0.05) is 12.1 Å². The molecule has 4 aliphatic carbocycles. The van der Waals surface area contributed by atoms with Crippen molar-refractivity contribution >= 4 is 17.8 Å². The van der Waals surface area contributed by atoms with E-state index in [0.717, 1.165) is 24.2 Å². The quantitative estimate of drug-likeness (QED) is 0.471. The predicted molar refractivity (Wildman–Crippen MR) is 111 cm³/mol. The molecule has 190 valence electrons. The van der Waals surface area contributed by atoms with Crippen molar-refractivity contribution in [2.75, 3.05) is 6.73 Å². The second-order valence-electron chi connectivity index (χ2n) is 10.1. The van der Waals surface area contributed by atoms with E-state index in [1.165, 1.54) is 24.3 Å². The monoisotopic (exact) mass is 501 g/mol. The number of halogens is 5. The zero-order valence-electron chi connectivity index (χ0n) is 18.6. The molecule has 0 unspecified atom stereocenters. The van der Waals surface area contributed by atoms with E-state index < -0.39 is 42.3 Å².